The minimum atomic E-state index is -3.63. The standard InChI is InChI=1S/C22H26FN3O4S/c1-16-6-7-20(17(2)12-16)31(29,30)26-10-8-25(9-11-26)22(28)15-24-21(27)14-18-4-3-5-19(23)13-18/h3-7,12-13H,8-11,14-15H2,1-2H3,(H,24,27). The second kappa shape index (κ2) is 9.57. The van der Waals surface area contributed by atoms with Crippen molar-refractivity contribution >= 4 is 21.8 Å². The third kappa shape index (κ3) is 5.68. The first kappa shape index (κ1) is 22.9. The number of carbonyl (C=O) groups excluding carboxylic acids is 2. The van der Waals surface area contributed by atoms with Gasteiger partial charge in [-0.05, 0) is 43.2 Å². The maximum atomic E-state index is 13.2. The van der Waals surface area contributed by atoms with Crippen LogP contribution in [0.15, 0.2) is 47.4 Å². The third-order valence-electron chi connectivity index (χ3n) is 5.23. The Morgan fingerprint density at radius 2 is 1.74 bits per heavy atom. The second-order valence-electron chi connectivity index (χ2n) is 7.64. The lowest BCUT2D eigenvalue weighted by Gasteiger charge is -2.34. The van der Waals surface area contributed by atoms with Crippen LogP contribution in [0.2, 0.25) is 0 Å². The molecule has 0 bridgehead atoms. The van der Waals surface area contributed by atoms with Gasteiger partial charge < -0.3 is 10.2 Å². The van der Waals surface area contributed by atoms with E-state index in [-0.39, 0.29) is 55.9 Å². The summed E-state index contributed by atoms with van der Waals surface area (Å²) in [4.78, 5) is 26.2. The number of nitrogens with one attached hydrogen (secondary N) is 1. The highest BCUT2D eigenvalue weighted by Crippen LogP contribution is 2.22. The lowest BCUT2D eigenvalue weighted by molar-refractivity contribution is -0.133. The quantitative estimate of drug-likeness (QED) is 0.729. The predicted octanol–water partition coefficient (Wildman–Crippen LogP) is 1.63. The number of rotatable bonds is 6. The normalized spacial score (nSPS) is 15.0. The minimum absolute atomic E-state index is 0.0209. The number of amides is 2. The highest BCUT2D eigenvalue weighted by atomic mass is 32.2. The van der Waals surface area contributed by atoms with Gasteiger partial charge in [-0.25, -0.2) is 12.8 Å². The molecule has 2 aromatic carbocycles. The molecule has 1 aliphatic rings. The molecule has 1 heterocycles. The number of hydrogen-bond acceptors (Lipinski definition) is 4. The van der Waals surface area contributed by atoms with Crippen molar-refractivity contribution < 1.29 is 22.4 Å². The van der Waals surface area contributed by atoms with E-state index in [4.69, 9.17) is 0 Å². The summed E-state index contributed by atoms with van der Waals surface area (Å²) in [6, 6.07) is 11.0. The number of sulfonamides is 1. The van der Waals surface area contributed by atoms with Crippen molar-refractivity contribution in [1.29, 1.82) is 0 Å². The number of nitrogens with zero attached hydrogens (tertiary/aromatic N) is 2. The molecule has 31 heavy (non-hydrogen) atoms. The second-order valence-corrected chi connectivity index (χ2v) is 9.54. The molecule has 0 radical (unpaired) electrons. The summed E-state index contributed by atoms with van der Waals surface area (Å²) in [7, 11) is -3.63. The molecule has 1 N–H and O–H groups in total. The molecule has 1 saturated heterocycles. The molecular weight excluding hydrogens is 421 g/mol. The molecule has 9 heteroatoms. The zero-order chi connectivity index (χ0) is 22.6. The number of hydrogen-bond donors (Lipinski definition) is 1. The van der Waals surface area contributed by atoms with Crippen LogP contribution >= 0.6 is 0 Å². The van der Waals surface area contributed by atoms with Gasteiger partial charge in [0.15, 0.2) is 0 Å². The Hall–Kier alpha value is -2.78. The van der Waals surface area contributed by atoms with Gasteiger partial charge in [0.1, 0.15) is 5.82 Å². The van der Waals surface area contributed by atoms with E-state index in [2.05, 4.69) is 5.32 Å². The van der Waals surface area contributed by atoms with E-state index in [1.807, 2.05) is 13.0 Å². The van der Waals surface area contributed by atoms with Gasteiger partial charge in [-0.15, -0.1) is 0 Å². The van der Waals surface area contributed by atoms with Gasteiger partial charge >= 0.3 is 0 Å². The predicted molar refractivity (Wildman–Crippen MR) is 114 cm³/mol. The van der Waals surface area contributed by atoms with E-state index in [9.17, 15) is 22.4 Å². The van der Waals surface area contributed by atoms with E-state index >= 15 is 0 Å². The van der Waals surface area contributed by atoms with Crippen molar-refractivity contribution in [3.05, 3.63) is 65.0 Å². The first-order chi connectivity index (χ1) is 14.7. The van der Waals surface area contributed by atoms with Crippen molar-refractivity contribution in [3.8, 4) is 0 Å². The first-order valence-electron chi connectivity index (χ1n) is 10.0. The molecule has 3 rings (SSSR count). The molecule has 0 atom stereocenters. The number of benzene rings is 2. The van der Waals surface area contributed by atoms with Gasteiger partial charge in [-0.3, -0.25) is 9.59 Å². The van der Waals surface area contributed by atoms with Gasteiger partial charge in [0.2, 0.25) is 21.8 Å². The first-order valence-corrected chi connectivity index (χ1v) is 11.5. The van der Waals surface area contributed by atoms with Gasteiger partial charge in [-0.1, -0.05) is 29.8 Å². The molecule has 2 amide bonds. The summed E-state index contributed by atoms with van der Waals surface area (Å²) in [5, 5.41) is 2.54. The Kier molecular flexibility index (Phi) is 7.07. The summed E-state index contributed by atoms with van der Waals surface area (Å²) in [5.41, 5.74) is 2.21. The fraction of sp³-hybridized carbons (Fsp3) is 0.364. The van der Waals surface area contributed by atoms with Gasteiger partial charge in [-0.2, -0.15) is 4.31 Å². The van der Waals surface area contributed by atoms with Crippen molar-refractivity contribution in [2.45, 2.75) is 25.2 Å². The molecule has 1 fully saturated rings. The Bertz CT molecular complexity index is 1080. The van der Waals surface area contributed by atoms with Crippen LogP contribution in [0.1, 0.15) is 16.7 Å². The highest BCUT2D eigenvalue weighted by Gasteiger charge is 2.31. The van der Waals surface area contributed by atoms with Crippen molar-refractivity contribution in [2.24, 2.45) is 0 Å². The summed E-state index contributed by atoms with van der Waals surface area (Å²) in [6.07, 6.45) is -0.0209. The monoisotopic (exact) mass is 447 g/mol. The van der Waals surface area contributed by atoms with Crippen LogP contribution in [0.3, 0.4) is 0 Å². The smallest absolute Gasteiger partial charge is 0.243 e. The SMILES string of the molecule is Cc1ccc(S(=O)(=O)N2CCN(C(=O)CNC(=O)Cc3cccc(F)c3)CC2)c(C)c1. The van der Waals surface area contributed by atoms with Crippen LogP contribution in [0.5, 0.6) is 0 Å². The summed E-state index contributed by atoms with van der Waals surface area (Å²) >= 11 is 0. The molecule has 0 spiro atoms. The molecule has 7 nitrogen and oxygen atoms in total. The molecule has 0 aliphatic carbocycles. The van der Waals surface area contributed by atoms with E-state index in [0.29, 0.717) is 11.1 Å². The molecule has 0 unspecified atom stereocenters. The zero-order valence-corrected chi connectivity index (χ0v) is 18.4. The Balaban J connectivity index is 1.51. The van der Waals surface area contributed by atoms with Crippen LogP contribution in [-0.4, -0.2) is 62.2 Å². The van der Waals surface area contributed by atoms with Crippen molar-refractivity contribution in [2.75, 3.05) is 32.7 Å². The van der Waals surface area contributed by atoms with Gasteiger partial charge in [0.25, 0.3) is 0 Å². The highest BCUT2D eigenvalue weighted by molar-refractivity contribution is 7.89. The van der Waals surface area contributed by atoms with E-state index in [1.54, 1.807) is 25.1 Å². The minimum Gasteiger partial charge on any atom is -0.347 e. The summed E-state index contributed by atoms with van der Waals surface area (Å²) in [5.74, 6) is -1.08. The van der Waals surface area contributed by atoms with Gasteiger partial charge in [0.05, 0.1) is 17.9 Å². The van der Waals surface area contributed by atoms with Crippen molar-refractivity contribution in [3.63, 3.8) is 0 Å². The lowest BCUT2D eigenvalue weighted by atomic mass is 10.1. The van der Waals surface area contributed by atoms with Crippen molar-refractivity contribution in [1.82, 2.24) is 14.5 Å². The Labute approximate surface area is 181 Å². The molecule has 166 valence electrons. The number of aryl methyl sites for hydroxylation is 2. The molecule has 0 saturated carbocycles. The van der Waals surface area contributed by atoms with Crippen LogP contribution in [-0.2, 0) is 26.0 Å². The fourth-order valence-electron chi connectivity index (χ4n) is 3.59. The maximum Gasteiger partial charge on any atom is 0.243 e. The summed E-state index contributed by atoms with van der Waals surface area (Å²) < 4.78 is 40.5. The zero-order valence-electron chi connectivity index (χ0n) is 17.6. The van der Waals surface area contributed by atoms with Gasteiger partial charge in [0, 0.05) is 26.2 Å². The van der Waals surface area contributed by atoms with Crippen LogP contribution in [0, 0.1) is 19.7 Å². The van der Waals surface area contributed by atoms with E-state index < -0.39 is 15.8 Å². The fourth-order valence-corrected chi connectivity index (χ4v) is 5.21. The average Bonchev–Trinajstić information content (AvgIpc) is 2.72. The third-order valence-corrected chi connectivity index (χ3v) is 7.29. The Morgan fingerprint density at radius 3 is 2.39 bits per heavy atom. The Morgan fingerprint density at radius 1 is 1.03 bits per heavy atom. The largest absolute Gasteiger partial charge is 0.347 e. The number of carbonyl (C=O) groups is 2. The molecular formula is C22H26FN3O4S. The number of halogens is 1. The lowest BCUT2D eigenvalue weighted by Crippen LogP contribution is -2.52. The van der Waals surface area contributed by atoms with Crippen LogP contribution < -0.4 is 5.32 Å². The summed E-state index contributed by atoms with van der Waals surface area (Å²) in [6.45, 7) is 4.39. The van der Waals surface area contributed by atoms with E-state index in [0.717, 1.165) is 5.56 Å². The topological polar surface area (TPSA) is 86.8 Å². The molecule has 2 aromatic rings. The van der Waals surface area contributed by atoms with E-state index in [1.165, 1.54) is 27.4 Å². The maximum absolute atomic E-state index is 13.2. The van der Waals surface area contributed by atoms with Crippen LogP contribution in [0.25, 0.3) is 0 Å². The molecule has 0 aromatic heterocycles. The number of piperazine rings is 1. The average molecular weight is 448 g/mol. The molecule has 1 aliphatic heterocycles. The van der Waals surface area contributed by atoms with Crippen LogP contribution in [0.4, 0.5) is 4.39 Å².